The van der Waals surface area contributed by atoms with Crippen molar-refractivity contribution in [3.8, 4) is 0 Å². The molecule has 0 radical (unpaired) electrons. The lowest BCUT2D eigenvalue weighted by Gasteiger charge is -2.31. The van der Waals surface area contributed by atoms with Gasteiger partial charge < -0.3 is 5.73 Å². The second kappa shape index (κ2) is 5.30. The molecule has 1 saturated carbocycles. The number of H-pyrrole nitrogens is 1. The third kappa shape index (κ3) is 2.95. The quantitative estimate of drug-likeness (QED) is 0.369. The summed E-state index contributed by atoms with van der Waals surface area (Å²) in [5.74, 6) is -0.113. The maximum atomic E-state index is 12.2. The van der Waals surface area contributed by atoms with Crippen LogP contribution in [0.5, 0.6) is 0 Å². The third-order valence-electron chi connectivity index (χ3n) is 3.57. The Hall–Kier alpha value is -1.41. The Balaban J connectivity index is 2.28. The van der Waals surface area contributed by atoms with E-state index in [0.717, 1.165) is 25.7 Å². The number of aromatic amines is 1. The van der Waals surface area contributed by atoms with Gasteiger partial charge in [0.2, 0.25) is 0 Å². The van der Waals surface area contributed by atoms with Gasteiger partial charge in [-0.25, -0.2) is 8.42 Å². The van der Waals surface area contributed by atoms with Crippen molar-refractivity contribution in [3.05, 3.63) is 12.3 Å². The molecule has 0 spiro atoms. The Morgan fingerprint density at radius 2 is 2.00 bits per heavy atom. The first kappa shape index (κ1) is 14.0. The topological polar surface area (TPSA) is 125 Å². The van der Waals surface area contributed by atoms with Gasteiger partial charge in [0, 0.05) is 0 Å². The van der Waals surface area contributed by atoms with Crippen LogP contribution in [0.15, 0.2) is 17.3 Å². The van der Waals surface area contributed by atoms with E-state index >= 15 is 0 Å². The van der Waals surface area contributed by atoms with Gasteiger partial charge in [0.05, 0.1) is 11.7 Å². The highest BCUT2D eigenvalue weighted by molar-refractivity contribution is 7.89. The van der Waals surface area contributed by atoms with Crippen molar-refractivity contribution in [2.24, 2.45) is 5.73 Å². The van der Waals surface area contributed by atoms with E-state index in [1.54, 1.807) is 0 Å². The van der Waals surface area contributed by atoms with Gasteiger partial charge in [-0.15, -0.1) is 0 Å². The number of amidine groups is 1. The zero-order valence-electron chi connectivity index (χ0n) is 10.6. The van der Waals surface area contributed by atoms with Crippen molar-refractivity contribution in [2.75, 3.05) is 0 Å². The molecule has 106 valence electrons. The molecule has 2 rings (SSSR count). The summed E-state index contributed by atoms with van der Waals surface area (Å²) in [5.41, 5.74) is 4.70. The molecule has 0 atom stereocenters. The predicted molar refractivity (Wildman–Crippen MR) is 71.3 cm³/mol. The standard InChI is InChI=1S/C11H19N5O2S/c12-10(13)11(6-3-1-2-4-7-11)16-19(17,18)9-5-8-14-15-9/h5,8,16H,1-4,6-7H2,(H3,12,13)(H,14,15). The van der Waals surface area contributed by atoms with Gasteiger partial charge in [0.15, 0.2) is 5.03 Å². The summed E-state index contributed by atoms with van der Waals surface area (Å²) in [7, 11) is -3.73. The van der Waals surface area contributed by atoms with Crippen LogP contribution in [0.3, 0.4) is 0 Å². The largest absolute Gasteiger partial charge is 0.386 e. The van der Waals surface area contributed by atoms with Crippen LogP contribution < -0.4 is 10.5 Å². The Morgan fingerprint density at radius 3 is 2.47 bits per heavy atom. The number of aromatic nitrogens is 2. The molecule has 0 saturated heterocycles. The molecular formula is C11H19N5O2S. The van der Waals surface area contributed by atoms with E-state index in [1.165, 1.54) is 12.3 Å². The minimum Gasteiger partial charge on any atom is -0.386 e. The van der Waals surface area contributed by atoms with E-state index in [4.69, 9.17) is 11.1 Å². The molecule has 1 fully saturated rings. The second-order valence-corrected chi connectivity index (χ2v) is 6.59. The first-order valence-corrected chi connectivity index (χ1v) is 7.82. The Morgan fingerprint density at radius 1 is 1.37 bits per heavy atom. The lowest BCUT2D eigenvalue weighted by Crippen LogP contribution is -2.56. The van der Waals surface area contributed by atoms with Gasteiger partial charge in [0.25, 0.3) is 10.0 Å². The molecule has 1 heterocycles. The van der Waals surface area contributed by atoms with Crippen molar-refractivity contribution < 1.29 is 8.42 Å². The first-order valence-electron chi connectivity index (χ1n) is 6.34. The molecule has 1 aromatic heterocycles. The van der Waals surface area contributed by atoms with Gasteiger partial charge in [-0.2, -0.15) is 9.82 Å². The number of rotatable bonds is 4. The molecule has 5 N–H and O–H groups in total. The van der Waals surface area contributed by atoms with Crippen LogP contribution in [-0.4, -0.2) is 30.0 Å². The van der Waals surface area contributed by atoms with Gasteiger partial charge >= 0.3 is 0 Å². The van der Waals surface area contributed by atoms with E-state index in [1.807, 2.05) is 0 Å². The summed E-state index contributed by atoms with van der Waals surface area (Å²) in [4.78, 5) is 0. The Kier molecular flexibility index (Phi) is 3.91. The highest BCUT2D eigenvalue weighted by Crippen LogP contribution is 2.28. The summed E-state index contributed by atoms with van der Waals surface area (Å²) < 4.78 is 27.1. The molecule has 0 amide bonds. The summed E-state index contributed by atoms with van der Waals surface area (Å²) in [6.07, 6.45) is 6.32. The van der Waals surface area contributed by atoms with Crippen molar-refractivity contribution in [3.63, 3.8) is 0 Å². The smallest absolute Gasteiger partial charge is 0.258 e. The van der Waals surface area contributed by atoms with Crippen LogP contribution in [0.4, 0.5) is 0 Å². The van der Waals surface area contributed by atoms with Gasteiger partial charge in [-0.05, 0) is 18.9 Å². The Labute approximate surface area is 112 Å². The fourth-order valence-corrected chi connectivity index (χ4v) is 3.81. The van der Waals surface area contributed by atoms with Crippen LogP contribution in [-0.2, 0) is 10.0 Å². The molecule has 1 aliphatic carbocycles. The molecule has 1 aromatic rings. The summed E-state index contributed by atoms with van der Waals surface area (Å²) in [6, 6.07) is 1.38. The fraction of sp³-hybridized carbons (Fsp3) is 0.636. The monoisotopic (exact) mass is 285 g/mol. The SMILES string of the molecule is N=C(N)C1(NS(=O)(=O)c2ccn[nH]2)CCCCCC1. The van der Waals surface area contributed by atoms with Crippen LogP contribution in [0, 0.1) is 5.41 Å². The zero-order valence-corrected chi connectivity index (χ0v) is 11.5. The van der Waals surface area contributed by atoms with Gasteiger partial charge in [0.1, 0.15) is 5.84 Å². The predicted octanol–water partition coefficient (Wildman–Crippen LogP) is 0.717. The van der Waals surface area contributed by atoms with Crippen LogP contribution in [0.25, 0.3) is 0 Å². The molecule has 0 aromatic carbocycles. The maximum Gasteiger partial charge on any atom is 0.258 e. The fourth-order valence-electron chi connectivity index (χ4n) is 2.46. The van der Waals surface area contributed by atoms with Crippen LogP contribution >= 0.6 is 0 Å². The second-order valence-electron chi connectivity index (χ2n) is 4.94. The van der Waals surface area contributed by atoms with Crippen molar-refractivity contribution >= 4 is 15.9 Å². The third-order valence-corrected chi connectivity index (χ3v) is 5.03. The normalized spacial score (nSPS) is 19.8. The van der Waals surface area contributed by atoms with Gasteiger partial charge in [-0.1, -0.05) is 25.7 Å². The molecule has 0 unspecified atom stereocenters. The number of sulfonamides is 1. The average Bonchev–Trinajstić information content (AvgIpc) is 2.78. The lowest BCUT2D eigenvalue weighted by molar-refractivity contribution is 0.433. The number of hydrogen-bond acceptors (Lipinski definition) is 4. The molecule has 0 bridgehead atoms. The minimum atomic E-state index is -3.73. The average molecular weight is 285 g/mol. The molecule has 0 aliphatic heterocycles. The number of nitrogens with one attached hydrogen (secondary N) is 3. The summed E-state index contributed by atoms with van der Waals surface area (Å²) in [6.45, 7) is 0. The minimum absolute atomic E-state index is 0.00243. The van der Waals surface area contributed by atoms with Crippen molar-refractivity contribution in [2.45, 2.75) is 49.1 Å². The van der Waals surface area contributed by atoms with E-state index in [9.17, 15) is 8.42 Å². The summed E-state index contributed by atoms with van der Waals surface area (Å²) >= 11 is 0. The number of hydrogen-bond donors (Lipinski definition) is 4. The highest BCUT2D eigenvalue weighted by atomic mass is 32.2. The molecule has 19 heavy (non-hydrogen) atoms. The first-order chi connectivity index (χ1) is 8.96. The maximum absolute atomic E-state index is 12.2. The van der Waals surface area contributed by atoms with Gasteiger partial charge in [-0.3, -0.25) is 10.5 Å². The van der Waals surface area contributed by atoms with E-state index in [0.29, 0.717) is 12.8 Å². The Bertz CT molecular complexity index is 529. The van der Waals surface area contributed by atoms with E-state index in [-0.39, 0.29) is 10.9 Å². The number of nitrogens with zero attached hydrogens (tertiary/aromatic N) is 1. The zero-order chi connectivity index (χ0) is 13.9. The highest BCUT2D eigenvalue weighted by Gasteiger charge is 2.38. The lowest BCUT2D eigenvalue weighted by atomic mass is 9.90. The van der Waals surface area contributed by atoms with E-state index < -0.39 is 15.6 Å². The van der Waals surface area contributed by atoms with E-state index in [2.05, 4.69) is 14.9 Å². The summed E-state index contributed by atoms with van der Waals surface area (Å²) in [5, 5.41) is 13.8. The van der Waals surface area contributed by atoms with Crippen molar-refractivity contribution in [1.29, 1.82) is 5.41 Å². The molecular weight excluding hydrogens is 266 g/mol. The van der Waals surface area contributed by atoms with Crippen LogP contribution in [0.2, 0.25) is 0 Å². The van der Waals surface area contributed by atoms with Crippen LogP contribution in [0.1, 0.15) is 38.5 Å². The molecule has 8 heteroatoms. The molecule has 1 aliphatic rings. The van der Waals surface area contributed by atoms with Crippen molar-refractivity contribution in [1.82, 2.24) is 14.9 Å². The number of nitrogens with two attached hydrogens (primary N) is 1. The molecule has 7 nitrogen and oxygen atoms in total.